The molecule has 96 valence electrons. The van der Waals surface area contributed by atoms with Gasteiger partial charge in [-0.15, -0.1) is 0 Å². The number of esters is 2. The molecule has 0 bridgehead atoms. The minimum Gasteiger partial charge on any atom is -0.428 e. The highest BCUT2D eigenvalue weighted by Crippen LogP contribution is 2.07. The summed E-state index contributed by atoms with van der Waals surface area (Å²) in [6, 6.07) is 0. The maximum Gasteiger partial charge on any atom is 0.336 e. The molecule has 0 atom stereocenters. The zero-order chi connectivity index (χ0) is 12.7. The van der Waals surface area contributed by atoms with Gasteiger partial charge in [0.2, 0.25) is 6.79 Å². The lowest BCUT2D eigenvalue weighted by atomic mass is 10.1. The van der Waals surface area contributed by atoms with Gasteiger partial charge in [-0.2, -0.15) is 0 Å². The molecule has 0 unspecified atom stereocenters. The van der Waals surface area contributed by atoms with Gasteiger partial charge in [0, 0.05) is 18.5 Å². The van der Waals surface area contributed by atoms with Crippen molar-refractivity contribution in [2.45, 2.75) is 26.7 Å². The number of carbonyl (C=O) groups excluding carboxylic acids is 2. The van der Waals surface area contributed by atoms with E-state index in [1.165, 1.54) is 0 Å². The number of ether oxygens (including phenoxy) is 2. The van der Waals surface area contributed by atoms with Crippen LogP contribution >= 0.6 is 0 Å². The van der Waals surface area contributed by atoms with Crippen LogP contribution in [0.1, 0.15) is 26.7 Å². The lowest BCUT2D eigenvalue weighted by Gasteiger charge is -2.13. The second-order valence-corrected chi connectivity index (χ2v) is 4.35. The average Bonchev–Trinajstić information content (AvgIpc) is 2.29. The van der Waals surface area contributed by atoms with E-state index >= 15 is 0 Å². The number of nitrogens with one attached hydrogen (secondary N) is 1. The Morgan fingerprint density at radius 3 is 2.76 bits per heavy atom. The van der Waals surface area contributed by atoms with E-state index in [4.69, 9.17) is 9.47 Å². The van der Waals surface area contributed by atoms with Crippen LogP contribution in [0, 0.1) is 5.92 Å². The Balaban J connectivity index is 2.20. The number of rotatable bonds is 5. The van der Waals surface area contributed by atoms with Crippen molar-refractivity contribution in [3.05, 3.63) is 11.6 Å². The van der Waals surface area contributed by atoms with Gasteiger partial charge >= 0.3 is 11.9 Å². The van der Waals surface area contributed by atoms with Gasteiger partial charge in [-0.3, -0.25) is 4.79 Å². The van der Waals surface area contributed by atoms with E-state index in [9.17, 15) is 9.59 Å². The van der Waals surface area contributed by atoms with Gasteiger partial charge in [-0.05, 0) is 18.9 Å². The molecule has 17 heavy (non-hydrogen) atoms. The van der Waals surface area contributed by atoms with E-state index in [1.54, 1.807) is 6.08 Å². The molecule has 0 radical (unpaired) electrons. The fourth-order valence-electron chi connectivity index (χ4n) is 1.44. The minimum absolute atomic E-state index is 0.241. The Bertz CT molecular complexity index is 310. The molecule has 0 aromatic rings. The summed E-state index contributed by atoms with van der Waals surface area (Å²) in [5, 5.41) is 3.10. The smallest absolute Gasteiger partial charge is 0.336 e. The molecule has 1 rings (SSSR count). The molecule has 5 heteroatoms. The van der Waals surface area contributed by atoms with Crippen molar-refractivity contribution in [3.8, 4) is 0 Å². The first kappa shape index (κ1) is 13.7. The van der Waals surface area contributed by atoms with Crippen molar-refractivity contribution in [1.82, 2.24) is 5.32 Å². The fourth-order valence-corrected chi connectivity index (χ4v) is 1.44. The van der Waals surface area contributed by atoms with Crippen LogP contribution in [-0.4, -0.2) is 31.8 Å². The summed E-state index contributed by atoms with van der Waals surface area (Å²) in [7, 11) is 0. The molecule has 0 fully saturated rings. The van der Waals surface area contributed by atoms with E-state index < -0.39 is 5.97 Å². The van der Waals surface area contributed by atoms with Crippen molar-refractivity contribution < 1.29 is 19.1 Å². The maximum atomic E-state index is 11.5. The van der Waals surface area contributed by atoms with Gasteiger partial charge in [0.05, 0.1) is 0 Å². The van der Waals surface area contributed by atoms with Gasteiger partial charge in [-0.1, -0.05) is 19.9 Å². The monoisotopic (exact) mass is 241 g/mol. The molecule has 0 saturated carbocycles. The average molecular weight is 241 g/mol. The molecule has 0 saturated heterocycles. The van der Waals surface area contributed by atoms with Gasteiger partial charge in [0.1, 0.15) is 0 Å². The van der Waals surface area contributed by atoms with E-state index in [1.807, 2.05) is 13.8 Å². The van der Waals surface area contributed by atoms with E-state index in [0.29, 0.717) is 25.0 Å². The number of hydrogen-bond donors (Lipinski definition) is 1. The van der Waals surface area contributed by atoms with Crippen molar-refractivity contribution in [1.29, 1.82) is 0 Å². The molecule has 1 heterocycles. The third-order valence-corrected chi connectivity index (χ3v) is 2.31. The van der Waals surface area contributed by atoms with Gasteiger partial charge in [0.15, 0.2) is 0 Å². The molecule has 0 aromatic carbocycles. The standard InChI is InChI=1S/C12H19NO4/c1-9(2)7-11(14)16-8-17-12(15)10-3-5-13-6-4-10/h3,9,13H,4-8H2,1-2H3. The molecule has 1 aliphatic heterocycles. The van der Waals surface area contributed by atoms with Crippen LogP contribution in [0.15, 0.2) is 11.6 Å². The van der Waals surface area contributed by atoms with Crippen LogP contribution in [0.5, 0.6) is 0 Å². The highest BCUT2D eigenvalue weighted by molar-refractivity contribution is 5.88. The highest BCUT2D eigenvalue weighted by Gasteiger charge is 2.14. The predicted octanol–water partition coefficient (Wildman–Crippen LogP) is 0.996. The lowest BCUT2D eigenvalue weighted by molar-refractivity contribution is -0.165. The second kappa shape index (κ2) is 7.06. The summed E-state index contributed by atoms with van der Waals surface area (Å²) < 4.78 is 9.65. The van der Waals surface area contributed by atoms with Crippen molar-refractivity contribution >= 4 is 11.9 Å². The quantitative estimate of drug-likeness (QED) is 0.574. The Kier molecular flexibility index (Phi) is 5.69. The van der Waals surface area contributed by atoms with Crippen LogP contribution < -0.4 is 5.32 Å². The third kappa shape index (κ3) is 5.49. The Hall–Kier alpha value is -1.36. The SMILES string of the molecule is CC(C)CC(=O)OCOC(=O)C1=CCNCC1. The van der Waals surface area contributed by atoms with E-state index in [0.717, 1.165) is 6.54 Å². The molecular weight excluding hydrogens is 222 g/mol. The first-order valence-corrected chi connectivity index (χ1v) is 5.82. The molecule has 5 nitrogen and oxygen atoms in total. The third-order valence-electron chi connectivity index (χ3n) is 2.31. The second-order valence-electron chi connectivity index (χ2n) is 4.35. The van der Waals surface area contributed by atoms with Crippen LogP contribution in [-0.2, 0) is 19.1 Å². The van der Waals surface area contributed by atoms with Crippen LogP contribution in [0.25, 0.3) is 0 Å². The fraction of sp³-hybridized carbons (Fsp3) is 0.667. The highest BCUT2D eigenvalue weighted by atomic mass is 16.7. The largest absolute Gasteiger partial charge is 0.428 e. The molecular formula is C12H19NO4. The van der Waals surface area contributed by atoms with E-state index in [-0.39, 0.29) is 18.7 Å². The van der Waals surface area contributed by atoms with Crippen molar-refractivity contribution in [2.24, 2.45) is 5.92 Å². The number of carbonyl (C=O) groups is 2. The molecule has 1 aliphatic rings. The van der Waals surface area contributed by atoms with Gasteiger partial charge in [-0.25, -0.2) is 4.79 Å². The Morgan fingerprint density at radius 2 is 2.18 bits per heavy atom. The maximum absolute atomic E-state index is 11.5. The molecule has 0 amide bonds. The predicted molar refractivity (Wildman–Crippen MR) is 62.1 cm³/mol. The first-order chi connectivity index (χ1) is 8.09. The summed E-state index contributed by atoms with van der Waals surface area (Å²) in [5.41, 5.74) is 0.642. The first-order valence-electron chi connectivity index (χ1n) is 5.82. The summed E-state index contributed by atoms with van der Waals surface area (Å²) in [5.74, 6) is -0.499. The Morgan fingerprint density at radius 1 is 1.41 bits per heavy atom. The van der Waals surface area contributed by atoms with Crippen LogP contribution in [0.3, 0.4) is 0 Å². The van der Waals surface area contributed by atoms with Crippen molar-refractivity contribution in [2.75, 3.05) is 19.9 Å². The van der Waals surface area contributed by atoms with Crippen LogP contribution in [0.4, 0.5) is 0 Å². The van der Waals surface area contributed by atoms with Crippen molar-refractivity contribution in [3.63, 3.8) is 0 Å². The minimum atomic E-state index is -0.399. The summed E-state index contributed by atoms with van der Waals surface area (Å²) >= 11 is 0. The summed E-state index contributed by atoms with van der Waals surface area (Å²) in [6.07, 6.45) is 2.78. The number of hydrogen-bond acceptors (Lipinski definition) is 5. The Labute approximate surface area is 101 Å². The van der Waals surface area contributed by atoms with Gasteiger partial charge in [0.25, 0.3) is 0 Å². The summed E-state index contributed by atoms with van der Waals surface area (Å²) in [4.78, 5) is 22.7. The van der Waals surface area contributed by atoms with E-state index in [2.05, 4.69) is 5.32 Å². The topological polar surface area (TPSA) is 64.6 Å². The normalized spacial score (nSPS) is 15.4. The molecule has 0 aromatic heterocycles. The van der Waals surface area contributed by atoms with Crippen LogP contribution in [0.2, 0.25) is 0 Å². The molecule has 1 N–H and O–H groups in total. The zero-order valence-electron chi connectivity index (χ0n) is 10.3. The van der Waals surface area contributed by atoms with Gasteiger partial charge < -0.3 is 14.8 Å². The molecule has 0 spiro atoms. The lowest BCUT2D eigenvalue weighted by Crippen LogP contribution is -2.25. The zero-order valence-corrected chi connectivity index (χ0v) is 10.3. The summed E-state index contributed by atoms with van der Waals surface area (Å²) in [6.45, 7) is 5.00. The molecule has 0 aliphatic carbocycles.